The van der Waals surface area contributed by atoms with E-state index in [1.165, 1.54) is 0 Å². The van der Waals surface area contributed by atoms with Crippen LogP contribution in [0.15, 0.2) is 54.1 Å². The van der Waals surface area contributed by atoms with E-state index in [4.69, 9.17) is 26.0 Å². The molecule has 1 aliphatic rings. The Hall–Kier alpha value is -3.60. The predicted octanol–water partition coefficient (Wildman–Crippen LogP) is 3.17. The van der Waals surface area contributed by atoms with E-state index in [9.17, 15) is 34.8 Å². The molecule has 11 N–H and O–H groups in total. The zero-order chi connectivity index (χ0) is 41.5. The number of rotatable bonds is 25. The molecule has 1 fully saturated rings. The highest BCUT2D eigenvalue weighted by Gasteiger charge is 2.36. The second-order valence-corrected chi connectivity index (χ2v) is 13.2. The van der Waals surface area contributed by atoms with Crippen molar-refractivity contribution < 1.29 is 49.4 Å². The van der Waals surface area contributed by atoms with Crippen LogP contribution in [0, 0.1) is 11.8 Å². The monoisotopic (exact) mass is 770 g/mol. The molecule has 0 saturated carbocycles. The molecule has 0 aromatic rings. The first kappa shape index (κ1) is 52.5. The fourth-order valence-corrected chi connectivity index (χ4v) is 5.48. The Bertz CT molecular complexity index is 1130. The minimum absolute atomic E-state index is 0.0276. The van der Waals surface area contributed by atoms with E-state index in [2.05, 4.69) is 35.7 Å². The molecule has 1 rings (SSSR count). The number of carboxylic acid groups (broad SMARTS) is 1. The number of aliphatic hydroxyl groups excluding tert-OH is 4. The Morgan fingerprint density at radius 1 is 1.06 bits per heavy atom. The smallest absolute Gasteiger partial charge is 0.326 e. The largest absolute Gasteiger partial charge is 0.480 e. The number of carbonyl (C=O) groups is 3. The normalized spacial score (nSPS) is 20.2. The van der Waals surface area contributed by atoms with E-state index in [0.717, 1.165) is 24.8 Å². The molecule has 0 radical (unpaired) electrons. The maximum Gasteiger partial charge on any atom is 0.326 e. The lowest BCUT2D eigenvalue weighted by Gasteiger charge is -2.36. The van der Waals surface area contributed by atoms with Gasteiger partial charge in [0.1, 0.15) is 19.1 Å². The van der Waals surface area contributed by atoms with Crippen molar-refractivity contribution >= 4 is 24.2 Å². The number of ether oxygens (including phenoxy) is 2. The van der Waals surface area contributed by atoms with Crippen LogP contribution in [0.1, 0.15) is 105 Å². The van der Waals surface area contributed by atoms with Crippen molar-refractivity contribution in [1.29, 1.82) is 0 Å². The lowest BCUT2D eigenvalue weighted by Crippen LogP contribution is -2.50. The molecular formula is C39H71N5O10. The van der Waals surface area contributed by atoms with Crippen LogP contribution in [0.2, 0.25) is 0 Å². The molecule has 1 saturated heterocycles. The number of amides is 2. The highest BCUT2D eigenvalue weighted by Crippen LogP contribution is 2.30. The summed E-state index contributed by atoms with van der Waals surface area (Å²) in [6.07, 6.45) is 12.6. The van der Waals surface area contributed by atoms with Crippen molar-refractivity contribution in [3.8, 4) is 0 Å². The number of guanidine groups is 1. The lowest BCUT2D eigenvalue weighted by atomic mass is 9.88. The SMILES string of the molecule is C=C/C=C/C=C/C.C=C1CC(C(O)C(=O)N[C@H](CCC[C@@H](CC)C(O)C[C@H](O)CCCC)OCO)O[C@H](C)[C@@H]1C.NC(N)=NCCCC(NC=O)C(=O)O. The summed E-state index contributed by atoms with van der Waals surface area (Å²) in [6.45, 7) is 17.3. The number of carbonyl (C=O) groups excluding carboxylic acids is 2. The summed E-state index contributed by atoms with van der Waals surface area (Å²) in [5.41, 5.74) is 11.1. The van der Waals surface area contributed by atoms with Crippen LogP contribution in [-0.2, 0) is 23.9 Å². The van der Waals surface area contributed by atoms with Gasteiger partial charge in [-0.2, -0.15) is 0 Å². The van der Waals surface area contributed by atoms with Crippen LogP contribution in [0.5, 0.6) is 0 Å². The lowest BCUT2D eigenvalue weighted by molar-refractivity contribution is -0.153. The van der Waals surface area contributed by atoms with Gasteiger partial charge >= 0.3 is 5.97 Å². The molecule has 9 atom stereocenters. The third kappa shape index (κ3) is 25.4. The van der Waals surface area contributed by atoms with Crippen molar-refractivity contribution in [2.45, 2.75) is 148 Å². The van der Waals surface area contributed by atoms with Crippen molar-refractivity contribution in [3.63, 3.8) is 0 Å². The molecule has 54 heavy (non-hydrogen) atoms. The minimum atomic E-state index is -1.36. The molecule has 0 aliphatic carbocycles. The number of nitrogens with one attached hydrogen (secondary N) is 2. The van der Waals surface area contributed by atoms with E-state index in [1.54, 1.807) is 6.08 Å². The number of aliphatic imine (C=N–C) groups is 1. The number of hydrogen-bond acceptors (Lipinski definition) is 10. The molecule has 0 aromatic heterocycles. The maximum absolute atomic E-state index is 12.6. The van der Waals surface area contributed by atoms with Crippen LogP contribution in [0.4, 0.5) is 0 Å². The molecule has 0 aromatic carbocycles. The molecule has 15 nitrogen and oxygen atoms in total. The summed E-state index contributed by atoms with van der Waals surface area (Å²) < 4.78 is 11.0. The van der Waals surface area contributed by atoms with Gasteiger partial charge in [-0.05, 0) is 71.1 Å². The van der Waals surface area contributed by atoms with Gasteiger partial charge in [0, 0.05) is 12.5 Å². The Labute approximate surface area is 322 Å². The van der Waals surface area contributed by atoms with Gasteiger partial charge in [-0.3, -0.25) is 14.6 Å². The van der Waals surface area contributed by atoms with E-state index in [0.29, 0.717) is 64.3 Å². The molecule has 312 valence electrons. The number of unbranched alkanes of at least 4 members (excludes halogenated alkanes) is 1. The van der Waals surface area contributed by atoms with Gasteiger partial charge in [0.25, 0.3) is 5.91 Å². The Morgan fingerprint density at radius 3 is 2.26 bits per heavy atom. The second kappa shape index (κ2) is 32.8. The third-order valence-corrected chi connectivity index (χ3v) is 8.98. The summed E-state index contributed by atoms with van der Waals surface area (Å²) in [7, 11) is 0. The fourth-order valence-electron chi connectivity index (χ4n) is 5.48. The van der Waals surface area contributed by atoms with Crippen LogP contribution in [-0.4, -0.2) is 106 Å². The van der Waals surface area contributed by atoms with Gasteiger partial charge < -0.3 is 57.1 Å². The van der Waals surface area contributed by atoms with E-state index < -0.39 is 55.4 Å². The van der Waals surface area contributed by atoms with Crippen LogP contribution >= 0.6 is 0 Å². The average Bonchev–Trinajstić information content (AvgIpc) is 3.12. The molecule has 0 bridgehead atoms. The van der Waals surface area contributed by atoms with E-state index >= 15 is 0 Å². The minimum Gasteiger partial charge on any atom is -0.480 e. The first-order chi connectivity index (χ1) is 25.6. The van der Waals surface area contributed by atoms with Gasteiger partial charge in [0.05, 0.1) is 24.4 Å². The van der Waals surface area contributed by atoms with E-state index in [1.807, 2.05) is 52.0 Å². The van der Waals surface area contributed by atoms with Gasteiger partial charge in [-0.25, -0.2) is 4.79 Å². The fraction of sp³-hybridized carbons (Fsp3) is 0.692. The molecule has 15 heteroatoms. The zero-order valence-electron chi connectivity index (χ0n) is 33.1. The van der Waals surface area contributed by atoms with Crippen molar-refractivity contribution in [2.24, 2.45) is 28.3 Å². The summed E-state index contributed by atoms with van der Waals surface area (Å²) in [5.74, 6) is -1.51. The van der Waals surface area contributed by atoms with Gasteiger partial charge in [0.2, 0.25) is 6.41 Å². The molecular weight excluding hydrogens is 698 g/mol. The Balaban J connectivity index is 0. The number of hydrogen-bond donors (Lipinski definition) is 9. The van der Waals surface area contributed by atoms with E-state index in [-0.39, 0.29) is 23.9 Å². The molecule has 1 heterocycles. The van der Waals surface area contributed by atoms with Gasteiger partial charge in [-0.1, -0.05) is 89.1 Å². The molecule has 4 unspecified atom stereocenters. The Morgan fingerprint density at radius 2 is 1.74 bits per heavy atom. The number of nitrogens with two attached hydrogens (primary N) is 2. The number of aliphatic carboxylic acids is 1. The first-order valence-corrected chi connectivity index (χ1v) is 18.9. The van der Waals surface area contributed by atoms with Crippen molar-refractivity contribution in [3.05, 3.63) is 49.1 Å². The highest BCUT2D eigenvalue weighted by molar-refractivity contribution is 5.81. The number of carboxylic acids is 1. The molecule has 1 aliphatic heterocycles. The van der Waals surface area contributed by atoms with Crippen LogP contribution in [0.3, 0.4) is 0 Å². The summed E-state index contributed by atoms with van der Waals surface area (Å²) in [5, 5.41) is 53.7. The topological polar surface area (TPSA) is 259 Å². The zero-order valence-corrected chi connectivity index (χ0v) is 33.1. The third-order valence-electron chi connectivity index (χ3n) is 8.98. The van der Waals surface area contributed by atoms with Gasteiger partial charge in [0.15, 0.2) is 12.1 Å². The average molecular weight is 770 g/mol. The summed E-state index contributed by atoms with van der Waals surface area (Å²) in [4.78, 5) is 36.8. The Kier molecular flexibility index (Phi) is 31.9. The summed E-state index contributed by atoms with van der Waals surface area (Å²) >= 11 is 0. The number of nitrogens with zero attached hydrogens (tertiary/aromatic N) is 1. The maximum atomic E-state index is 12.6. The quantitative estimate of drug-likeness (QED) is 0.0123. The number of allylic oxidation sites excluding steroid dienone is 5. The van der Waals surface area contributed by atoms with Crippen LogP contribution < -0.4 is 22.1 Å². The van der Waals surface area contributed by atoms with Gasteiger partial charge in [-0.15, -0.1) is 0 Å². The first-order valence-electron chi connectivity index (χ1n) is 18.9. The predicted molar refractivity (Wildman–Crippen MR) is 212 cm³/mol. The standard InChI is InChI=1S/C25H47NO7.C7H14N4O3.C7H10/c1-6-8-11-20(28)14-21(29)19(7-2)10-9-12-23(32-15-27)26-25(31)24(30)22-13-16(3)17(4)18(5)33-22;8-7(9)10-3-1-2-5(6(13)14)11-4-12;1-3-5-7-6-4-2/h17-24,27-30H,3,6-15H2,1-2,4-5H3,(H,26,31);4-5H,1-3H2,(H,11,12)(H,13,14)(H4,8,9,10);3-7H,1H2,2H3/b;;6-4+,7-5+/t17-,18-,19-,20-,21?,22?,23+,24?;;/m1../s1. The van der Waals surface area contributed by atoms with Crippen LogP contribution in [0.25, 0.3) is 0 Å². The summed E-state index contributed by atoms with van der Waals surface area (Å²) in [6, 6.07) is -0.873. The number of aliphatic hydroxyl groups is 4. The highest BCUT2D eigenvalue weighted by atomic mass is 16.6. The second-order valence-electron chi connectivity index (χ2n) is 13.2. The van der Waals surface area contributed by atoms with Crippen molar-refractivity contribution in [2.75, 3.05) is 13.3 Å². The van der Waals surface area contributed by atoms with Crippen molar-refractivity contribution in [1.82, 2.24) is 10.6 Å². The molecule has 0 spiro atoms. The molecule has 2 amide bonds.